The van der Waals surface area contributed by atoms with Gasteiger partial charge in [-0.05, 0) is 66.8 Å². The van der Waals surface area contributed by atoms with Crippen LogP contribution in [0.3, 0.4) is 0 Å². The van der Waals surface area contributed by atoms with Gasteiger partial charge in [-0.2, -0.15) is 0 Å². The van der Waals surface area contributed by atoms with Crippen LogP contribution in [0, 0.1) is 19.7 Å². The Labute approximate surface area is 118 Å². The van der Waals surface area contributed by atoms with Gasteiger partial charge in [0.25, 0.3) is 0 Å². The second kappa shape index (κ2) is 5.72. The molecule has 1 nitrogen and oxygen atoms in total. The molecule has 100 valence electrons. The van der Waals surface area contributed by atoms with Gasteiger partial charge in [-0.15, -0.1) is 0 Å². The number of rotatable bonds is 3. The van der Waals surface area contributed by atoms with Crippen LogP contribution in [0.2, 0.25) is 5.02 Å². The standard InChI is InChI=1S/C16H17ClFN/c1-10-5-13(8-14(17)6-10)16(19)9-12-3-4-15(18)7-11(12)2/h3-8,16H,9,19H2,1-2H3. The zero-order valence-corrected chi connectivity index (χ0v) is 11.8. The normalized spacial score (nSPS) is 12.5. The highest BCUT2D eigenvalue weighted by molar-refractivity contribution is 6.30. The van der Waals surface area contributed by atoms with E-state index in [0.717, 1.165) is 22.3 Å². The molecule has 2 rings (SSSR count). The van der Waals surface area contributed by atoms with Crippen molar-refractivity contribution in [1.82, 2.24) is 0 Å². The summed E-state index contributed by atoms with van der Waals surface area (Å²) >= 11 is 6.04. The van der Waals surface area contributed by atoms with Crippen molar-refractivity contribution in [1.29, 1.82) is 0 Å². The highest BCUT2D eigenvalue weighted by Gasteiger charge is 2.10. The lowest BCUT2D eigenvalue weighted by molar-refractivity contribution is 0.624. The molecule has 0 aliphatic heterocycles. The van der Waals surface area contributed by atoms with Crippen molar-refractivity contribution in [3.8, 4) is 0 Å². The van der Waals surface area contributed by atoms with Crippen LogP contribution in [0.15, 0.2) is 36.4 Å². The van der Waals surface area contributed by atoms with Gasteiger partial charge < -0.3 is 5.73 Å². The molecule has 0 spiro atoms. The number of aryl methyl sites for hydroxylation is 2. The van der Waals surface area contributed by atoms with Crippen molar-refractivity contribution >= 4 is 11.6 Å². The first-order chi connectivity index (χ1) is 8.95. The monoisotopic (exact) mass is 277 g/mol. The summed E-state index contributed by atoms with van der Waals surface area (Å²) in [5.74, 6) is -0.214. The van der Waals surface area contributed by atoms with Gasteiger partial charge in [0.15, 0.2) is 0 Å². The van der Waals surface area contributed by atoms with Crippen LogP contribution in [-0.2, 0) is 6.42 Å². The second-order valence-electron chi connectivity index (χ2n) is 4.94. The van der Waals surface area contributed by atoms with E-state index in [4.69, 9.17) is 17.3 Å². The Morgan fingerprint density at radius 3 is 2.53 bits per heavy atom. The van der Waals surface area contributed by atoms with E-state index in [1.165, 1.54) is 12.1 Å². The molecule has 2 aromatic rings. The lowest BCUT2D eigenvalue weighted by Gasteiger charge is -2.15. The van der Waals surface area contributed by atoms with Crippen LogP contribution in [0.25, 0.3) is 0 Å². The van der Waals surface area contributed by atoms with Gasteiger partial charge in [0, 0.05) is 11.1 Å². The summed E-state index contributed by atoms with van der Waals surface area (Å²) in [7, 11) is 0. The fraction of sp³-hybridized carbons (Fsp3) is 0.250. The summed E-state index contributed by atoms with van der Waals surface area (Å²) in [6.07, 6.45) is 0.673. The average Bonchev–Trinajstić information content (AvgIpc) is 2.31. The molecule has 0 saturated heterocycles. The molecule has 19 heavy (non-hydrogen) atoms. The third-order valence-electron chi connectivity index (χ3n) is 3.24. The van der Waals surface area contributed by atoms with Gasteiger partial charge >= 0.3 is 0 Å². The molecule has 0 saturated carbocycles. The third-order valence-corrected chi connectivity index (χ3v) is 3.46. The minimum atomic E-state index is -0.214. The summed E-state index contributed by atoms with van der Waals surface area (Å²) < 4.78 is 13.1. The fourth-order valence-electron chi connectivity index (χ4n) is 2.22. The van der Waals surface area contributed by atoms with Gasteiger partial charge in [-0.1, -0.05) is 23.7 Å². The van der Waals surface area contributed by atoms with Crippen LogP contribution in [0.4, 0.5) is 4.39 Å². The quantitative estimate of drug-likeness (QED) is 0.887. The average molecular weight is 278 g/mol. The minimum Gasteiger partial charge on any atom is -0.324 e. The van der Waals surface area contributed by atoms with Gasteiger partial charge in [0.05, 0.1) is 0 Å². The molecule has 0 amide bonds. The van der Waals surface area contributed by atoms with Crippen molar-refractivity contribution in [3.63, 3.8) is 0 Å². The molecule has 2 N–H and O–H groups in total. The second-order valence-corrected chi connectivity index (χ2v) is 5.38. The molecule has 0 radical (unpaired) electrons. The van der Waals surface area contributed by atoms with Crippen molar-refractivity contribution in [2.75, 3.05) is 0 Å². The number of hydrogen-bond donors (Lipinski definition) is 1. The molecular weight excluding hydrogens is 261 g/mol. The lowest BCUT2D eigenvalue weighted by Crippen LogP contribution is -2.14. The Morgan fingerprint density at radius 2 is 1.89 bits per heavy atom. The number of halogens is 2. The SMILES string of the molecule is Cc1cc(Cl)cc(C(N)Cc2ccc(F)cc2C)c1. The van der Waals surface area contributed by atoms with E-state index >= 15 is 0 Å². The van der Waals surface area contributed by atoms with E-state index in [1.54, 1.807) is 6.07 Å². The molecule has 0 aliphatic rings. The summed E-state index contributed by atoms with van der Waals surface area (Å²) in [6, 6.07) is 10.5. The van der Waals surface area contributed by atoms with Crippen molar-refractivity contribution in [3.05, 3.63) is 69.5 Å². The Hall–Kier alpha value is -1.38. The topological polar surface area (TPSA) is 26.0 Å². The van der Waals surface area contributed by atoms with Crippen LogP contribution in [-0.4, -0.2) is 0 Å². The van der Waals surface area contributed by atoms with Gasteiger partial charge in [-0.25, -0.2) is 4.39 Å². The van der Waals surface area contributed by atoms with Gasteiger partial charge in [0.1, 0.15) is 5.82 Å². The molecule has 3 heteroatoms. The Bertz CT molecular complexity index is 575. The predicted molar refractivity (Wildman–Crippen MR) is 78.0 cm³/mol. The van der Waals surface area contributed by atoms with E-state index in [1.807, 2.05) is 32.0 Å². The molecule has 1 unspecified atom stereocenters. The van der Waals surface area contributed by atoms with E-state index in [9.17, 15) is 4.39 Å². The maximum absolute atomic E-state index is 13.1. The molecule has 0 bridgehead atoms. The minimum absolute atomic E-state index is 0.137. The molecule has 0 aliphatic carbocycles. The highest BCUT2D eigenvalue weighted by Crippen LogP contribution is 2.23. The summed E-state index contributed by atoms with van der Waals surface area (Å²) in [4.78, 5) is 0. The largest absolute Gasteiger partial charge is 0.324 e. The number of nitrogens with two attached hydrogens (primary N) is 1. The van der Waals surface area contributed by atoms with Crippen molar-refractivity contribution in [2.24, 2.45) is 5.73 Å². The summed E-state index contributed by atoms with van der Waals surface area (Å²) in [5.41, 5.74) is 10.3. The zero-order chi connectivity index (χ0) is 14.0. The number of benzene rings is 2. The predicted octanol–water partition coefficient (Wildman–Crippen LogP) is 4.34. The Kier molecular flexibility index (Phi) is 4.23. The molecule has 0 aromatic heterocycles. The maximum atomic E-state index is 13.1. The molecule has 2 aromatic carbocycles. The van der Waals surface area contributed by atoms with Gasteiger partial charge in [0.2, 0.25) is 0 Å². The molecular formula is C16H17ClFN. The van der Waals surface area contributed by atoms with Gasteiger partial charge in [-0.3, -0.25) is 0 Å². The summed E-state index contributed by atoms with van der Waals surface area (Å²) in [5, 5.41) is 0.696. The van der Waals surface area contributed by atoms with E-state index in [-0.39, 0.29) is 11.9 Å². The van der Waals surface area contributed by atoms with Crippen LogP contribution in [0.5, 0.6) is 0 Å². The first-order valence-corrected chi connectivity index (χ1v) is 6.61. The number of hydrogen-bond acceptors (Lipinski definition) is 1. The third kappa shape index (κ3) is 3.55. The molecule has 0 heterocycles. The molecule has 1 atom stereocenters. The smallest absolute Gasteiger partial charge is 0.123 e. The van der Waals surface area contributed by atoms with Crippen molar-refractivity contribution in [2.45, 2.75) is 26.3 Å². The molecule has 0 fully saturated rings. The first kappa shape index (κ1) is 14.0. The maximum Gasteiger partial charge on any atom is 0.123 e. The van der Waals surface area contributed by atoms with E-state index < -0.39 is 0 Å². The first-order valence-electron chi connectivity index (χ1n) is 6.23. The zero-order valence-electron chi connectivity index (χ0n) is 11.1. The fourth-order valence-corrected chi connectivity index (χ4v) is 2.52. The lowest BCUT2D eigenvalue weighted by atomic mass is 9.96. The van der Waals surface area contributed by atoms with E-state index in [0.29, 0.717) is 11.4 Å². The van der Waals surface area contributed by atoms with E-state index in [2.05, 4.69) is 0 Å². The Morgan fingerprint density at radius 1 is 1.16 bits per heavy atom. The van der Waals surface area contributed by atoms with Crippen LogP contribution in [0.1, 0.15) is 28.3 Å². The Balaban J connectivity index is 2.22. The highest BCUT2D eigenvalue weighted by atomic mass is 35.5. The summed E-state index contributed by atoms with van der Waals surface area (Å²) in [6.45, 7) is 3.89. The van der Waals surface area contributed by atoms with Crippen LogP contribution < -0.4 is 5.73 Å². The van der Waals surface area contributed by atoms with Crippen LogP contribution >= 0.6 is 11.6 Å². The van der Waals surface area contributed by atoms with Crippen molar-refractivity contribution < 1.29 is 4.39 Å².